The van der Waals surface area contributed by atoms with E-state index in [4.69, 9.17) is 9.51 Å². The molecule has 9 heteroatoms. The van der Waals surface area contributed by atoms with Gasteiger partial charge in [0.05, 0.1) is 16.7 Å². The van der Waals surface area contributed by atoms with E-state index in [9.17, 15) is 4.79 Å². The maximum absolute atomic E-state index is 12.9. The molecule has 0 saturated heterocycles. The third kappa shape index (κ3) is 3.00. The molecule has 0 unspecified atom stereocenters. The maximum Gasteiger partial charge on any atom is 0.263 e. The number of thiophene rings is 2. The Bertz CT molecular complexity index is 1130. The minimum absolute atomic E-state index is 0.0222. The summed E-state index contributed by atoms with van der Waals surface area (Å²) in [5.74, 6) is 1.60. The molecule has 4 rings (SSSR count). The Labute approximate surface area is 161 Å². The fraction of sp³-hybridized carbons (Fsp3) is 0.294. The van der Waals surface area contributed by atoms with Gasteiger partial charge in [0.25, 0.3) is 11.4 Å². The summed E-state index contributed by atoms with van der Waals surface area (Å²) in [6, 6.07) is 1.95. The first-order valence-electron chi connectivity index (χ1n) is 8.07. The predicted molar refractivity (Wildman–Crippen MR) is 106 cm³/mol. The number of hydrogen-bond donors (Lipinski definition) is 0. The van der Waals surface area contributed by atoms with Gasteiger partial charge in [0.2, 0.25) is 0 Å². The van der Waals surface area contributed by atoms with Crippen LogP contribution >= 0.6 is 34.4 Å². The summed E-state index contributed by atoms with van der Waals surface area (Å²) in [7, 11) is 0. The Hall–Kier alpha value is -1.97. The second kappa shape index (κ2) is 6.98. The van der Waals surface area contributed by atoms with Gasteiger partial charge in [-0.15, -0.1) is 11.3 Å². The molecule has 4 aromatic rings. The smallest absolute Gasteiger partial charge is 0.263 e. The molecule has 4 aromatic heterocycles. The lowest BCUT2D eigenvalue weighted by molar-refractivity contribution is 0.425. The molecule has 0 aromatic carbocycles. The van der Waals surface area contributed by atoms with E-state index in [1.165, 1.54) is 11.8 Å². The van der Waals surface area contributed by atoms with Gasteiger partial charge in [-0.25, -0.2) is 4.98 Å². The van der Waals surface area contributed by atoms with Gasteiger partial charge in [-0.1, -0.05) is 16.9 Å². The van der Waals surface area contributed by atoms with Crippen molar-refractivity contribution in [3.63, 3.8) is 0 Å². The van der Waals surface area contributed by atoms with E-state index >= 15 is 0 Å². The predicted octanol–water partition coefficient (Wildman–Crippen LogP) is 4.50. The Kier molecular flexibility index (Phi) is 4.68. The van der Waals surface area contributed by atoms with Gasteiger partial charge in [0.15, 0.2) is 11.0 Å². The van der Waals surface area contributed by atoms with Crippen LogP contribution in [0.3, 0.4) is 0 Å². The van der Waals surface area contributed by atoms with E-state index in [1.807, 2.05) is 37.6 Å². The molecule has 0 spiro atoms. The van der Waals surface area contributed by atoms with Crippen molar-refractivity contribution in [2.75, 3.05) is 0 Å². The van der Waals surface area contributed by atoms with Gasteiger partial charge in [-0.05, 0) is 37.8 Å². The van der Waals surface area contributed by atoms with Crippen molar-refractivity contribution in [3.05, 3.63) is 43.4 Å². The SMILES string of the molecule is CCn1c(SCc2noc(-c3ccsc3)n2)nc2sc(C)c(C)c2c1=O. The fourth-order valence-electron chi connectivity index (χ4n) is 2.64. The summed E-state index contributed by atoms with van der Waals surface area (Å²) in [5.41, 5.74) is 1.97. The van der Waals surface area contributed by atoms with Crippen molar-refractivity contribution < 1.29 is 4.52 Å². The molecule has 0 aliphatic rings. The van der Waals surface area contributed by atoms with Crippen LogP contribution in [0.5, 0.6) is 0 Å². The van der Waals surface area contributed by atoms with Gasteiger partial charge in [0.1, 0.15) is 4.83 Å². The van der Waals surface area contributed by atoms with Crippen LogP contribution in [-0.2, 0) is 12.3 Å². The molecule has 0 radical (unpaired) electrons. The highest BCUT2D eigenvalue weighted by atomic mass is 32.2. The zero-order valence-corrected chi connectivity index (χ0v) is 16.9. The summed E-state index contributed by atoms with van der Waals surface area (Å²) in [6.07, 6.45) is 0. The summed E-state index contributed by atoms with van der Waals surface area (Å²) >= 11 is 4.60. The number of thioether (sulfide) groups is 1. The van der Waals surface area contributed by atoms with E-state index in [2.05, 4.69) is 10.1 Å². The van der Waals surface area contributed by atoms with Crippen LogP contribution in [-0.4, -0.2) is 19.7 Å². The van der Waals surface area contributed by atoms with Crippen LogP contribution in [0.1, 0.15) is 23.2 Å². The van der Waals surface area contributed by atoms with Crippen LogP contribution in [0.25, 0.3) is 21.7 Å². The molecular weight excluding hydrogens is 388 g/mol. The average Bonchev–Trinajstić information content (AvgIpc) is 3.34. The molecule has 0 atom stereocenters. The highest BCUT2D eigenvalue weighted by Gasteiger charge is 2.17. The third-order valence-electron chi connectivity index (χ3n) is 4.14. The van der Waals surface area contributed by atoms with Crippen molar-refractivity contribution in [2.24, 2.45) is 0 Å². The van der Waals surface area contributed by atoms with Crippen molar-refractivity contribution in [1.82, 2.24) is 19.7 Å². The second-order valence-electron chi connectivity index (χ2n) is 5.72. The average molecular weight is 405 g/mol. The van der Waals surface area contributed by atoms with Crippen molar-refractivity contribution in [3.8, 4) is 11.5 Å². The number of aryl methyl sites for hydroxylation is 2. The fourth-order valence-corrected chi connectivity index (χ4v) is 5.25. The molecular formula is C17H16N4O2S3. The summed E-state index contributed by atoms with van der Waals surface area (Å²) < 4.78 is 7.03. The lowest BCUT2D eigenvalue weighted by Crippen LogP contribution is -2.22. The van der Waals surface area contributed by atoms with E-state index in [0.29, 0.717) is 29.2 Å². The van der Waals surface area contributed by atoms with Gasteiger partial charge in [-0.3, -0.25) is 9.36 Å². The monoisotopic (exact) mass is 404 g/mol. The van der Waals surface area contributed by atoms with Crippen LogP contribution in [0, 0.1) is 13.8 Å². The first-order chi connectivity index (χ1) is 12.6. The van der Waals surface area contributed by atoms with Gasteiger partial charge in [-0.2, -0.15) is 16.3 Å². The molecule has 0 aliphatic heterocycles. The summed E-state index contributed by atoms with van der Waals surface area (Å²) in [6.45, 7) is 6.53. The molecule has 0 fully saturated rings. The molecule has 4 heterocycles. The number of fused-ring (bicyclic) bond motifs is 1. The standard InChI is InChI=1S/C17H16N4O2S3/c1-4-21-16(22)13-9(2)10(3)26-15(13)19-17(21)25-8-12-18-14(23-20-12)11-5-6-24-7-11/h5-7H,4,8H2,1-3H3. The zero-order valence-electron chi connectivity index (χ0n) is 14.5. The van der Waals surface area contributed by atoms with Crippen LogP contribution in [0.4, 0.5) is 0 Å². The van der Waals surface area contributed by atoms with Crippen molar-refractivity contribution >= 4 is 44.7 Å². The quantitative estimate of drug-likeness (QED) is 0.360. The number of hydrogen-bond acceptors (Lipinski definition) is 8. The molecule has 6 nitrogen and oxygen atoms in total. The minimum Gasteiger partial charge on any atom is -0.334 e. The number of nitrogens with zero attached hydrogens (tertiary/aromatic N) is 4. The maximum atomic E-state index is 12.9. The Balaban J connectivity index is 1.64. The molecule has 0 aliphatic carbocycles. The van der Waals surface area contributed by atoms with Crippen LogP contribution in [0.2, 0.25) is 0 Å². The lowest BCUT2D eigenvalue weighted by atomic mass is 10.2. The number of rotatable bonds is 5. The zero-order chi connectivity index (χ0) is 18.3. The van der Waals surface area contributed by atoms with Crippen LogP contribution in [0.15, 0.2) is 31.3 Å². The summed E-state index contributed by atoms with van der Waals surface area (Å²) in [5, 5.41) is 9.39. The molecule has 0 amide bonds. The van der Waals surface area contributed by atoms with E-state index in [1.54, 1.807) is 27.2 Å². The van der Waals surface area contributed by atoms with E-state index in [-0.39, 0.29) is 5.56 Å². The van der Waals surface area contributed by atoms with Crippen molar-refractivity contribution in [1.29, 1.82) is 0 Å². The Morgan fingerprint density at radius 3 is 2.88 bits per heavy atom. The highest BCUT2D eigenvalue weighted by Crippen LogP contribution is 2.29. The minimum atomic E-state index is 0.0222. The molecule has 134 valence electrons. The van der Waals surface area contributed by atoms with Gasteiger partial charge < -0.3 is 4.52 Å². The molecule has 0 N–H and O–H groups in total. The first-order valence-corrected chi connectivity index (χ1v) is 10.8. The van der Waals surface area contributed by atoms with Gasteiger partial charge >= 0.3 is 0 Å². The molecule has 26 heavy (non-hydrogen) atoms. The molecule has 0 bridgehead atoms. The van der Waals surface area contributed by atoms with Gasteiger partial charge in [0, 0.05) is 16.8 Å². The molecule has 0 saturated carbocycles. The number of aromatic nitrogens is 4. The first kappa shape index (κ1) is 17.4. The topological polar surface area (TPSA) is 73.8 Å². The summed E-state index contributed by atoms with van der Waals surface area (Å²) in [4.78, 5) is 23.9. The van der Waals surface area contributed by atoms with E-state index < -0.39 is 0 Å². The highest BCUT2D eigenvalue weighted by molar-refractivity contribution is 7.98. The van der Waals surface area contributed by atoms with E-state index in [0.717, 1.165) is 26.2 Å². The second-order valence-corrected chi connectivity index (χ2v) is 8.65. The van der Waals surface area contributed by atoms with Crippen molar-refractivity contribution in [2.45, 2.75) is 38.2 Å². The largest absolute Gasteiger partial charge is 0.334 e. The van der Waals surface area contributed by atoms with Crippen LogP contribution < -0.4 is 5.56 Å². The third-order valence-corrected chi connectivity index (χ3v) is 6.89. The Morgan fingerprint density at radius 2 is 2.15 bits per heavy atom. The normalized spacial score (nSPS) is 11.5. The Morgan fingerprint density at radius 1 is 1.31 bits per heavy atom. The lowest BCUT2D eigenvalue weighted by Gasteiger charge is -2.08.